The summed E-state index contributed by atoms with van der Waals surface area (Å²) >= 11 is 0. The van der Waals surface area contributed by atoms with Crippen LogP contribution >= 0.6 is 0 Å². The molecular formula is C25H41N5O2. The van der Waals surface area contributed by atoms with E-state index < -0.39 is 0 Å². The standard InChI is InChI=1S/C21H30O2.C4H11N5/c1-13(22)17-6-7-18-16-5-4-14-12-15(23)8-10-20(14,2)19(16)9-11-21(17,18)3;1-9(2)4(7)8-3(5)6/h12,16-19H,4-11H2,1-3H3;1-2H3,(H5,5,6,7,8)/t16-,17+,18-,19-,20-,21+;/m0./s1. The molecule has 0 spiro atoms. The van der Waals surface area contributed by atoms with E-state index in [1.165, 1.54) is 36.2 Å². The Labute approximate surface area is 192 Å². The third-order valence-electron chi connectivity index (χ3n) is 9.15. The molecule has 0 bridgehead atoms. The van der Waals surface area contributed by atoms with Crippen molar-refractivity contribution in [3.8, 4) is 0 Å². The van der Waals surface area contributed by atoms with E-state index in [1.807, 2.05) is 6.08 Å². The summed E-state index contributed by atoms with van der Waals surface area (Å²) in [5.41, 5.74) is 6.88. The highest BCUT2D eigenvalue weighted by atomic mass is 16.1. The van der Waals surface area contributed by atoms with E-state index in [-0.39, 0.29) is 22.7 Å². The lowest BCUT2D eigenvalue weighted by Crippen LogP contribution is -2.51. The smallest absolute Gasteiger partial charge is 0.197 e. The van der Waals surface area contributed by atoms with Gasteiger partial charge in [0.25, 0.3) is 0 Å². The summed E-state index contributed by atoms with van der Waals surface area (Å²) in [5, 5.41) is 16.1. The molecular weight excluding hydrogens is 402 g/mol. The molecule has 0 aromatic heterocycles. The van der Waals surface area contributed by atoms with Crippen molar-refractivity contribution in [2.45, 2.75) is 72.1 Å². The fourth-order valence-corrected chi connectivity index (χ4v) is 7.47. The highest BCUT2D eigenvalue weighted by Gasteiger charge is 2.59. The molecule has 0 radical (unpaired) electrons. The number of fused-ring (bicyclic) bond motifs is 5. The first-order valence-corrected chi connectivity index (χ1v) is 12.0. The first-order chi connectivity index (χ1) is 14.9. The Morgan fingerprint density at radius 1 is 1.09 bits per heavy atom. The zero-order chi connectivity index (χ0) is 23.8. The van der Waals surface area contributed by atoms with Gasteiger partial charge in [-0.2, -0.15) is 0 Å². The molecule has 4 aliphatic rings. The fraction of sp³-hybridized carbons (Fsp3) is 0.760. The van der Waals surface area contributed by atoms with E-state index in [1.54, 1.807) is 21.0 Å². The van der Waals surface area contributed by atoms with Gasteiger partial charge in [-0.05, 0) is 86.5 Å². The molecule has 4 aliphatic carbocycles. The van der Waals surface area contributed by atoms with Gasteiger partial charge in [-0.15, -0.1) is 0 Å². The minimum atomic E-state index is -0.214. The van der Waals surface area contributed by atoms with Crippen LogP contribution in [0.2, 0.25) is 0 Å². The van der Waals surface area contributed by atoms with Gasteiger partial charge in [0.2, 0.25) is 0 Å². The van der Waals surface area contributed by atoms with E-state index in [2.05, 4.69) is 19.2 Å². The lowest BCUT2D eigenvalue weighted by atomic mass is 9.47. The molecule has 0 saturated heterocycles. The molecule has 0 aromatic carbocycles. The van der Waals surface area contributed by atoms with Crippen LogP contribution in [0.1, 0.15) is 72.1 Å². The van der Waals surface area contributed by atoms with Crippen LogP contribution in [0.3, 0.4) is 0 Å². The largest absolute Gasteiger partial charge is 0.370 e. The first kappa shape index (κ1) is 24.5. The van der Waals surface area contributed by atoms with E-state index in [4.69, 9.17) is 16.6 Å². The molecule has 6 atom stereocenters. The number of guanidine groups is 2. The molecule has 0 aliphatic heterocycles. The van der Waals surface area contributed by atoms with Crippen LogP contribution in [-0.2, 0) is 9.59 Å². The summed E-state index contributed by atoms with van der Waals surface area (Å²) in [4.78, 5) is 25.5. The number of nitrogens with one attached hydrogen (secondary N) is 3. The molecule has 0 heterocycles. The van der Waals surface area contributed by atoms with E-state index >= 15 is 0 Å². The lowest BCUT2D eigenvalue weighted by molar-refractivity contribution is -0.128. The third kappa shape index (κ3) is 4.35. The van der Waals surface area contributed by atoms with Gasteiger partial charge in [-0.25, -0.2) is 0 Å². The molecule has 32 heavy (non-hydrogen) atoms. The molecule has 178 valence electrons. The summed E-state index contributed by atoms with van der Waals surface area (Å²) in [6.45, 7) is 6.65. The number of hydrogen-bond acceptors (Lipinski definition) is 4. The van der Waals surface area contributed by atoms with E-state index in [0.717, 1.165) is 43.4 Å². The highest BCUT2D eigenvalue weighted by Crippen LogP contribution is 2.66. The van der Waals surface area contributed by atoms with Gasteiger partial charge in [0, 0.05) is 26.4 Å². The summed E-state index contributed by atoms with van der Waals surface area (Å²) in [7, 11) is 3.39. The maximum atomic E-state index is 12.1. The van der Waals surface area contributed by atoms with Gasteiger partial charge in [0.15, 0.2) is 17.7 Å². The van der Waals surface area contributed by atoms with Crippen molar-refractivity contribution in [1.29, 1.82) is 10.8 Å². The predicted octanol–water partition coefficient (Wildman–Crippen LogP) is 3.69. The quantitative estimate of drug-likeness (QED) is 0.363. The Balaban J connectivity index is 0.000000275. The van der Waals surface area contributed by atoms with Gasteiger partial charge >= 0.3 is 0 Å². The Morgan fingerprint density at radius 2 is 1.78 bits per heavy atom. The molecule has 3 fully saturated rings. The Kier molecular flexibility index (Phi) is 6.87. The average molecular weight is 444 g/mol. The van der Waals surface area contributed by atoms with E-state index in [9.17, 15) is 9.59 Å². The van der Waals surface area contributed by atoms with Gasteiger partial charge in [-0.3, -0.25) is 25.7 Å². The number of carbonyl (C=O) groups is 2. The molecule has 0 aromatic rings. The topological polar surface area (TPSA) is 123 Å². The number of Topliss-reactive ketones (excluding diaryl/α,β-unsaturated/α-hetero) is 1. The van der Waals surface area contributed by atoms with E-state index in [0.29, 0.717) is 17.5 Å². The maximum absolute atomic E-state index is 12.1. The van der Waals surface area contributed by atoms with Crippen molar-refractivity contribution in [3.05, 3.63) is 11.6 Å². The summed E-state index contributed by atoms with van der Waals surface area (Å²) in [6.07, 6.45) is 10.9. The summed E-state index contributed by atoms with van der Waals surface area (Å²) in [6, 6.07) is 0. The predicted molar refractivity (Wildman–Crippen MR) is 127 cm³/mol. The van der Waals surface area contributed by atoms with Crippen molar-refractivity contribution in [3.63, 3.8) is 0 Å². The van der Waals surface area contributed by atoms with Crippen LogP contribution < -0.4 is 11.1 Å². The average Bonchev–Trinajstić information content (AvgIpc) is 3.06. The third-order valence-corrected chi connectivity index (χ3v) is 9.15. The van der Waals surface area contributed by atoms with Crippen LogP contribution in [-0.4, -0.2) is 42.5 Å². The minimum absolute atomic E-state index is 0.113. The summed E-state index contributed by atoms with van der Waals surface area (Å²) in [5.74, 6) is 3.19. The number of rotatable bonds is 1. The highest BCUT2D eigenvalue weighted by molar-refractivity contribution is 5.94. The Bertz CT molecular complexity index is 834. The zero-order valence-electron chi connectivity index (χ0n) is 20.4. The first-order valence-electron chi connectivity index (χ1n) is 12.0. The van der Waals surface area contributed by atoms with Crippen molar-refractivity contribution < 1.29 is 9.59 Å². The monoisotopic (exact) mass is 443 g/mol. The van der Waals surface area contributed by atoms with Gasteiger partial charge in [-0.1, -0.05) is 19.4 Å². The lowest BCUT2D eigenvalue weighted by Gasteiger charge is -2.58. The van der Waals surface area contributed by atoms with Crippen LogP contribution in [0.25, 0.3) is 0 Å². The normalized spacial score (nSPS) is 37.5. The van der Waals surface area contributed by atoms with Crippen LogP contribution in [0.5, 0.6) is 0 Å². The second-order valence-corrected chi connectivity index (χ2v) is 11.0. The summed E-state index contributed by atoms with van der Waals surface area (Å²) < 4.78 is 0. The number of nitrogens with two attached hydrogens (primary N) is 1. The molecule has 7 heteroatoms. The number of carbonyl (C=O) groups excluding carboxylic acids is 2. The van der Waals surface area contributed by atoms with Crippen LogP contribution in [0, 0.1) is 45.3 Å². The molecule has 0 unspecified atom stereocenters. The Morgan fingerprint density at radius 3 is 2.34 bits per heavy atom. The molecule has 0 amide bonds. The molecule has 3 saturated carbocycles. The minimum Gasteiger partial charge on any atom is -0.370 e. The Hall–Kier alpha value is -2.18. The fourth-order valence-electron chi connectivity index (χ4n) is 7.47. The zero-order valence-corrected chi connectivity index (χ0v) is 20.4. The number of allylic oxidation sites excluding steroid dienone is 1. The molecule has 4 rings (SSSR count). The van der Waals surface area contributed by atoms with Crippen molar-refractivity contribution in [2.75, 3.05) is 14.1 Å². The van der Waals surface area contributed by atoms with Crippen LogP contribution in [0.4, 0.5) is 0 Å². The van der Waals surface area contributed by atoms with Crippen molar-refractivity contribution in [1.82, 2.24) is 10.2 Å². The SMILES string of the molecule is CC(=O)[C@H]1CC[C@H]2[C@@H]3CCC4=CC(=O)CC[C@]4(C)[C@H]3CC[C@]12C.CN(C)C(=N)NC(=N)N. The molecule has 7 nitrogen and oxygen atoms in total. The second kappa shape index (κ2) is 8.99. The van der Waals surface area contributed by atoms with Crippen molar-refractivity contribution in [2.24, 2.45) is 40.2 Å². The van der Waals surface area contributed by atoms with Gasteiger partial charge in [0.1, 0.15) is 5.78 Å². The number of hydrogen-bond donors (Lipinski definition) is 4. The number of ketones is 2. The van der Waals surface area contributed by atoms with Crippen LogP contribution in [0.15, 0.2) is 11.6 Å². The second-order valence-electron chi connectivity index (χ2n) is 11.0. The molecule has 5 N–H and O–H groups in total. The van der Waals surface area contributed by atoms with Gasteiger partial charge in [0.05, 0.1) is 0 Å². The number of nitrogens with zero attached hydrogens (tertiary/aromatic N) is 1. The van der Waals surface area contributed by atoms with Gasteiger partial charge < -0.3 is 10.6 Å². The van der Waals surface area contributed by atoms with Crippen molar-refractivity contribution >= 4 is 23.5 Å². The maximum Gasteiger partial charge on any atom is 0.197 e.